The summed E-state index contributed by atoms with van der Waals surface area (Å²) in [6.45, 7) is 3.44. The van der Waals surface area contributed by atoms with Crippen molar-refractivity contribution in [3.63, 3.8) is 0 Å². The number of carbonyl (C=O) groups is 3. The Bertz CT molecular complexity index is 1030. The van der Waals surface area contributed by atoms with Gasteiger partial charge in [-0.25, -0.2) is 4.79 Å². The molecule has 7 heteroatoms. The van der Waals surface area contributed by atoms with E-state index in [2.05, 4.69) is 10.2 Å². The highest BCUT2D eigenvalue weighted by Crippen LogP contribution is 2.28. The Morgan fingerprint density at radius 1 is 0.892 bits per heavy atom. The van der Waals surface area contributed by atoms with Crippen molar-refractivity contribution in [3.8, 4) is 0 Å². The standard InChI is InChI=1S/C30H39N3O4/c1-37-29(36)30(31-27(34)16-15-24-11-5-2-6-12-24)17-21-32(22-18-30)23-26(25-13-7-3-8-14-25)28(35)33-19-9-4-10-20-33/h2-3,5-8,11-14,26H,4,9-10,15-23H2,1H3,(H,31,34). The molecule has 2 aromatic rings. The third kappa shape index (κ3) is 6.98. The number of hydrogen-bond donors (Lipinski definition) is 1. The van der Waals surface area contributed by atoms with Crippen molar-refractivity contribution in [1.29, 1.82) is 0 Å². The normalized spacial score (nSPS) is 18.6. The van der Waals surface area contributed by atoms with Gasteiger partial charge in [-0.3, -0.25) is 9.59 Å². The van der Waals surface area contributed by atoms with Crippen LogP contribution in [0.4, 0.5) is 0 Å². The highest BCUT2D eigenvalue weighted by atomic mass is 16.5. The molecule has 37 heavy (non-hydrogen) atoms. The molecule has 2 fully saturated rings. The van der Waals surface area contributed by atoms with Crippen LogP contribution in [-0.2, 0) is 25.5 Å². The predicted molar refractivity (Wildman–Crippen MR) is 143 cm³/mol. The largest absolute Gasteiger partial charge is 0.467 e. The van der Waals surface area contributed by atoms with Crippen LogP contribution < -0.4 is 5.32 Å². The van der Waals surface area contributed by atoms with Gasteiger partial charge in [0.05, 0.1) is 13.0 Å². The van der Waals surface area contributed by atoms with Gasteiger partial charge in [0, 0.05) is 39.1 Å². The molecule has 1 unspecified atom stereocenters. The molecule has 7 nitrogen and oxygen atoms in total. The first-order valence-electron chi connectivity index (χ1n) is 13.5. The zero-order valence-corrected chi connectivity index (χ0v) is 21.9. The molecule has 0 aliphatic carbocycles. The van der Waals surface area contributed by atoms with Crippen molar-refractivity contribution >= 4 is 17.8 Å². The lowest BCUT2D eigenvalue weighted by Gasteiger charge is -2.41. The molecular formula is C30H39N3O4. The number of ether oxygens (including phenoxy) is 1. The van der Waals surface area contributed by atoms with E-state index in [0.717, 1.165) is 37.1 Å². The SMILES string of the molecule is COC(=O)C1(NC(=O)CCc2ccccc2)CCN(CC(C(=O)N2CCCCC2)c2ccccc2)CC1. The smallest absolute Gasteiger partial charge is 0.331 e. The summed E-state index contributed by atoms with van der Waals surface area (Å²) >= 11 is 0. The van der Waals surface area contributed by atoms with Crippen LogP contribution in [0.1, 0.15) is 55.6 Å². The molecule has 0 bridgehead atoms. The van der Waals surface area contributed by atoms with Gasteiger partial charge in [-0.1, -0.05) is 60.7 Å². The number of carbonyl (C=O) groups excluding carboxylic acids is 3. The van der Waals surface area contributed by atoms with Crippen molar-refractivity contribution in [3.05, 3.63) is 71.8 Å². The zero-order chi connectivity index (χ0) is 26.1. The zero-order valence-electron chi connectivity index (χ0n) is 21.9. The Hall–Kier alpha value is -3.19. The first-order chi connectivity index (χ1) is 18.0. The number of nitrogens with one attached hydrogen (secondary N) is 1. The van der Waals surface area contributed by atoms with E-state index in [4.69, 9.17) is 4.74 Å². The van der Waals surface area contributed by atoms with E-state index < -0.39 is 11.5 Å². The van der Waals surface area contributed by atoms with Crippen LogP contribution in [0.15, 0.2) is 60.7 Å². The lowest BCUT2D eigenvalue weighted by atomic mass is 9.86. The highest BCUT2D eigenvalue weighted by molar-refractivity contribution is 5.88. The van der Waals surface area contributed by atoms with E-state index >= 15 is 0 Å². The summed E-state index contributed by atoms with van der Waals surface area (Å²) in [6.07, 6.45) is 5.14. The Kier molecular flexibility index (Phi) is 9.34. The van der Waals surface area contributed by atoms with Crippen molar-refractivity contribution in [2.45, 2.75) is 56.4 Å². The topological polar surface area (TPSA) is 79.0 Å². The predicted octanol–water partition coefficient (Wildman–Crippen LogP) is 3.54. The molecule has 2 amide bonds. The van der Waals surface area contributed by atoms with Gasteiger partial charge < -0.3 is 19.9 Å². The van der Waals surface area contributed by atoms with Gasteiger partial charge in [0.2, 0.25) is 11.8 Å². The van der Waals surface area contributed by atoms with Gasteiger partial charge in [-0.05, 0) is 49.7 Å². The number of piperidine rings is 2. The average molecular weight is 506 g/mol. The highest BCUT2D eigenvalue weighted by Gasteiger charge is 2.44. The fourth-order valence-corrected chi connectivity index (χ4v) is 5.53. The molecule has 2 aliphatic heterocycles. The monoisotopic (exact) mass is 505 g/mol. The number of aryl methyl sites for hydroxylation is 1. The summed E-state index contributed by atoms with van der Waals surface area (Å²) in [7, 11) is 1.37. The van der Waals surface area contributed by atoms with E-state index in [9.17, 15) is 14.4 Å². The van der Waals surface area contributed by atoms with E-state index in [1.807, 2.05) is 65.6 Å². The maximum Gasteiger partial charge on any atom is 0.331 e. The Morgan fingerprint density at radius 2 is 1.51 bits per heavy atom. The molecule has 198 valence electrons. The minimum absolute atomic E-state index is 0.148. The van der Waals surface area contributed by atoms with Gasteiger partial charge in [0.15, 0.2) is 0 Å². The number of rotatable bonds is 9. The summed E-state index contributed by atoms with van der Waals surface area (Å²) in [5.41, 5.74) is 1.08. The molecule has 4 rings (SSSR count). The number of benzene rings is 2. The molecule has 0 spiro atoms. The molecular weight excluding hydrogens is 466 g/mol. The van der Waals surface area contributed by atoms with Crippen LogP contribution in [0.25, 0.3) is 0 Å². The number of nitrogens with zero attached hydrogens (tertiary/aromatic N) is 2. The van der Waals surface area contributed by atoms with E-state index in [0.29, 0.717) is 45.3 Å². The number of esters is 1. The second-order valence-corrected chi connectivity index (χ2v) is 10.3. The van der Waals surface area contributed by atoms with Crippen LogP contribution in [0.3, 0.4) is 0 Å². The van der Waals surface area contributed by atoms with Crippen LogP contribution in [0.2, 0.25) is 0 Å². The molecule has 2 aliphatic rings. The third-order valence-corrected chi connectivity index (χ3v) is 7.76. The average Bonchev–Trinajstić information content (AvgIpc) is 2.96. The lowest BCUT2D eigenvalue weighted by Crippen LogP contribution is -2.61. The van der Waals surface area contributed by atoms with Gasteiger partial charge in [0.25, 0.3) is 0 Å². The molecule has 1 N–H and O–H groups in total. The van der Waals surface area contributed by atoms with Crippen molar-refractivity contribution in [2.24, 2.45) is 0 Å². The minimum Gasteiger partial charge on any atom is -0.467 e. The van der Waals surface area contributed by atoms with E-state index in [1.165, 1.54) is 13.5 Å². The first kappa shape index (κ1) is 26.9. The number of amides is 2. The third-order valence-electron chi connectivity index (χ3n) is 7.76. The van der Waals surface area contributed by atoms with Crippen molar-refractivity contribution < 1.29 is 19.1 Å². The Labute approximate surface area is 220 Å². The summed E-state index contributed by atoms with van der Waals surface area (Å²) in [4.78, 5) is 43.5. The second-order valence-electron chi connectivity index (χ2n) is 10.3. The fourth-order valence-electron chi connectivity index (χ4n) is 5.53. The number of likely N-dealkylation sites (tertiary alicyclic amines) is 2. The molecule has 2 saturated heterocycles. The van der Waals surface area contributed by atoms with Crippen LogP contribution in [-0.4, -0.2) is 73.0 Å². The van der Waals surface area contributed by atoms with Gasteiger partial charge >= 0.3 is 5.97 Å². The second kappa shape index (κ2) is 12.9. The quantitative estimate of drug-likeness (QED) is 0.528. The van der Waals surface area contributed by atoms with E-state index in [-0.39, 0.29) is 17.7 Å². The number of methoxy groups -OCH3 is 1. The van der Waals surface area contributed by atoms with Crippen LogP contribution in [0, 0.1) is 0 Å². The van der Waals surface area contributed by atoms with Crippen LogP contribution in [0.5, 0.6) is 0 Å². The summed E-state index contributed by atoms with van der Waals surface area (Å²) in [5.74, 6) is -0.607. The summed E-state index contributed by atoms with van der Waals surface area (Å²) in [5, 5.41) is 3.02. The minimum atomic E-state index is -1.03. The van der Waals surface area contributed by atoms with E-state index in [1.54, 1.807) is 0 Å². The Balaban J connectivity index is 1.40. The maximum absolute atomic E-state index is 13.6. The molecule has 2 heterocycles. The maximum atomic E-state index is 13.6. The van der Waals surface area contributed by atoms with Gasteiger partial charge in [0.1, 0.15) is 5.54 Å². The molecule has 2 aromatic carbocycles. The van der Waals surface area contributed by atoms with Gasteiger partial charge in [-0.2, -0.15) is 0 Å². The molecule has 0 aromatic heterocycles. The van der Waals surface area contributed by atoms with Crippen molar-refractivity contribution in [2.75, 3.05) is 39.8 Å². The first-order valence-corrected chi connectivity index (χ1v) is 13.5. The molecule has 1 atom stereocenters. The van der Waals surface area contributed by atoms with Crippen molar-refractivity contribution in [1.82, 2.24) is 15.1 Å². The summed E-state index contributed by atoms with van der Waals surface area (Å²) in [6, 6.07) is 19.8. The van der Waals surface area contributed by atoms with Gasteiger partial charge in [-0.15, -0.1) is 0 Å². The Morgan fingerprint density at radius 3 is 2.14 bits per heavy atom. The van der Waals surface area contributed by atoms with Crippen LogP contribution >= 0.6 is 0 Å². The molecule has 0 saturated carbocycles. The fraction of sp³-hybridized carbons (Fsp3) is 0.500. The molecule has 0 radical (unpaired) electrons. The number of hydrogen-bond acceptors (Lipinski definition) is 5. The summed E-state index contributed by atoms with van der Waals surface area (Å²) < 4.78 is 5.13. The lowest BCUT2D eigenvalue weighted by molar-refractivity contribution is -0.153.